The summed E-state index contributed by atoms with van der Waals surface area (Å²) in [5.74, 6) is 1.52. The molecule has 1 aromatic carbocycles. The second-order valence-electron chi connectivity index (χ2n) is 8.28. The lowest BCUT2D eigenvalue weighted by Gasteiger charge is -2.20. The summed E-state index contributed by atoms with van der Waals surface area (Å²) in [4.78, 5) is 38.0. The highest BCUT2D eigenvalue weighted by molar-refractivity contribution is 5.95. The average Bonchev–Trinajstić information content (AvgIpc) is 3.27. The van der Waals surface area contributed by atoms with Crippen LogP contribution in [0.15, 0.2) is 30.5 Å². The Hall–Kier alpha value is -3.36. The summed E-state index contributed by atoms with van der Waals surface area (Å²) in [7, 11) is 5.31. The second-order valence-corrected chi connectivity index (χ2v) is 8.28. The molecule has 1 N–H and O–H groups in total. The summed E-state index contributed by atoms with van der Waals surface area (Å²) < 4.78 is 10.8. The van der Waals surface area contributed by atoms with Crippen LogP contribution in [0.2, 0.25) is 0 Å². The van der Waals surface area contributed by atoms with Gasteiger partial charge in [0.25, 0.3) is 11.8 Å². The summed E-state index contributed by atoms with van der Waals surface area (Å²) in [6.45, 7) is 4.84. The molecule has 1 aliphatic heterocycles. The van der Waals surface area contributed by atoms with Gasteiger partial charge in [-0.2, -0.15) is 0 Å². The molecule has 9 heteroatoms. The van der Waals surface area contributed by atoms with Crippen LogP contribution >= 0.6 is 0 Å². The molecule has 9 nitrogen and oxygen atoms in total. The zero-order valence-electron chi connectivity index (χ0n) is 19.3. The smallest absolute Gasteiger partial charge is 0.260 e. The quantitative estimate of drug-likeness (QED) is 0.670. The predicted octanol–water partition coefficient (Wildman–Crippen LogP) is 2.08. The minimum absolute atomic E-state index is 0.000586. The molecule has 1 fully saturated rings. The Bertz CT molecular complexity index is 946. The van der Waals surface area contributed by atoms with E-state index in [1.54, 1.807) is 47.4 Å². The third kappa shape index (κ3) is 5.66. The normalized spacial score (nSPS) is 15.6. The fraction of sp³-hybridized carbons (Fsp3) is 0.478. The molecule has 172 valence electrons. The van der Waals surface area contributed by atoms with Gasteiger partial charge in [0, 0.05) is 45.3 Å². The first-order chi connectivity index (χ1) is 15.3. The average molecular weight is 442 g/mol. The fourth-order valence-corrected chi connectivity index (χ4v) is 3.55. The van der Waals surface area contributed by atoms with Crippen molar-refractivity contribution < 1.29 is 19.1 Å². The van der Waals surface area contributed by atoms with Gasteiger partial charge in [-0.1, -0.05) is 0 Å². The molecule has 1 atom stereocenters. The maximum Gasteiger partial charge on any atom is 0.260 e. The van der Waals surface area contributed by atoms with Gasteiger partial charge in [-0.25, -0.2) is 9.97 Å². The number of likely N-dealkylation sites (tertiary alicyclic amines) is 1. The Labute approximate surface area is 188 Å². The van der Waals surface area contributed by atoms with E-state index in [0.29, 0.717) is 36.0 Å². The van der Waals surface area contributed by atoms with E-state index in [0.717, 1.165) is 12.2 Å². The van der Waals surface area contributed by atoms with Crippen LogP contribution < -0.4 is 19.7 Å². The number of nitrogens with zero attached hydrogens (tertiary/aromatic N) is 4. The first-order valence-electron chi connectivity index (χ1n) is 10.7. The summed E-state index contributed by atoms with van der Waals surface area (Å²) in [5, 5.41) is 2.91. The molecule has 1 aromatic heterocycles. The van der Waals surface area contributed by atoms with Gasteiger partial charge in [-0.3, -0.25) is 9.59 Å². The van der Waals surface area contributed by atoms with E-state index in [9.17, 15) is 9.59 Å². The number of hydrogen-bond acceptors (Lipinski definition) is 7. The van der Waals surface area contributed by atoms with E-state index in [1.807, 2.05) is 27.9 Å². The third-order valence-electron chi connectivity index (χ3n) is 5.22. The fourth-order valence-electron chi connectivity index (χ4n) is 3.55. The van der Waals surface area contributed by atoms with E-state index < -0.39 is 0 Å². The van der Waals surface area contributed by atoms with Crippen molar-refractivity contribution in [2.24, 2.45) is 0 Å². The number of aromatic nitrogens is 2. The van der Waals surface area contributed by atoms with Gasteiger partial charge in [0.05, 0.1) is 18.4 Å². The largest absolute Gasteiger partial charge is 0.497 e. The minimum Gasteiger partial charge on any atom is -0.497 e. The van der Waals surface area contributed by atoms with Crippen LogP contribution in [0.5, 0.6) is 11.5 Å². The van der Waals surface area contributed by atoms with Crippen LogP contribution in [-0.4, -0.2) is 73.6 Å². The van der Waals surface area contributed by atoms with E-state index >= 15 is 0 Å². The van der Waals surface area contributed by atoms with Crippen molar-refractivity contribution in [3.8, 4) is 11.5 Å². The van der Waals surface area contributed by atoms with Gasteiger partial charge in [0.2, 0.25) is 5.95 Å². The van der Waals surface area contributed by atoms with Crippen molar-refractivity contribution in [3.05, 3.63) is 41.7 Å². The van der Waals surface area contributed by atoms with Crippen LogP contribution in [0.3, 0.4) is 0 Å². The van der Waals surface area contributed by atoms with Gasteiger partial charge in [-0.05, 0) is 44.5 Å². The SMILES string of the molecule is COc1ccc(OCC(=O)N2CCC(c3nc(N(C)C)ncc3C(=O)NC(C)C)C2)cc1. The molecule has 2 aromatic rings. The zero-order chi connectivity index (χ0) is 23.3. The predicted molar refractivity (Wildman–Crippen MR) is 121 cm³/mol. The Kier molecular flexibility index (Phi) is 7.50. The molecule has 0 aliphatic carbocycles. The van der Waals surface area contributed by atoms with Crippen molar-refractivity contribution >= 4 is 17.8 Å². The highest BCUT2D eigenvalue weighted by Crippen LogP contribution is 2.29. The molecule has 0 bridgehead atoms. The minimum atomic E-state index is -0.201. The molecule has 1 aliphatic rings. The van der Waals surface area contributed by atoms with E-state index in [1.165, 1.54) is 0 Å². The number of nitrogens with one attached hydrogen (secondary N) is 1. The van der Waals surface area contributed by atoms with E-state index in [4.69, 9.17) is 9.47 Å². The molecular weight excluding hydrogens is 410 g/mol. The Balaban J connectivity index is 1.69. The number of hydrogen-bond donors (Lipinski definition) is 1. The molecule has 1 unspecified atom stereocenters. The zero-order valence-corrected chi connectivity index (χ0v) is 19.3. The summed E-state index contributed by atoms with van der Waals surface area (Å²) >= 11 is 0. The number of ether oxygens (including phenoxy) is 2. The van der Waals surface area contributed by atoms with Crippen LogP contribution in [0, 0.1) is 0 Å². The maximum atomic E-state index is 12.7. The van der Waals surface area contributed by atoms with Gasteiger partial charge in [-0.15, -0.1) is 0 Å². The Morgan fingerprint density at radius 2 is 1.91 bits per heavy atom. The monoisotopic (exact) mass is 441 g/mol. The van der Waals surface area contributed by atoms with Crippen molar-refractivity contribution in [2.45, 2.75) is 32.2 Å². The number of methoxy groups -OCH3 is 1. The first kappa shape index (κ1) is 23.3. The van der Waals surface area contributed by atoms with E-state index in [-0.39, 0.29) is 30.4 Å². The molecule has 0 radical (unpaired) electrons. The molecule has 3 rings (SSSR count). The van der Waals surface area contributed by atoms with Gasteiger partial charge >= 0.3 is 0 Å². The van der Waals surface area contributed by atoms with Crippen molar-refractivity contribution in [2.75, 3.05) is 45.8 Å². The summed E-state index contributed by atoms with van der Waals surface area (Å²) in [6, 6.07) is 7.10. The van der Waals surface area contributed by atoms with Crippen molar-refractivity contribution in [1.82, 2.24) is 20.2 Å². The Morgan fingerprint density at radius 1 is 1.22 bits per heavy atom. The first-order valence-corrected chi connectivity index (χ1v) is 10.7. The van der Waals surface area contributed by atoms with Crippen molar-refractivity contribution in [1.29, 1.82) is 0 Å². The van der Waals surface area contributed by atoms with Gasteiger partial charge in [0.1, 0.15) is 11.5 Å². The molecule has 32 heavy (non-hydrogen) atoms. The number of benzene rings is 1. The van der Waals surface area contributed by atoms with E-state index in [2.05, 4.69) is 15.3 Å². The highest BCUT2D eigenvalue weighted by Gasteiger charge is 2.32. The molecule has 0 spiro atoms. The van der Waals surface area contributed by atoms with Gasteiger partial charge in [0.15, 0.2) is 6.61 Å². The Morgan fingerprint density at radius 3 is 2.53 bits per heavy atom. The maximum absolute atomic E-state index is 12.7. The lowest BCUT2D eigenvalue weighted by molar-refractivity contribution is -0.132. The van der Waals surface area contributed by atoms with Crippen LogP contribution in [-0.2, 0) is 4.79 Å². The molecule has 2 amide bonds. The lowest BCUT2D eigenvalue weighted by Crippen LogP contribution is -2.34. The number of anilines is 1. The second kappa shape index (κ2) is 10.3. The van der Waals surface area contributed by atoms with Crippen LogP contribution in [0.1, 0.15) is 42.2 Å². The number of carbonyl (C=O) groups excluding carboxylic acids is 2. The number of amides is 2. The van der Waals surface area contributed by atoms with Crippen LogP contribution in [0.4, 0.5) is 5.95 Å². The summed E-state index contributed by atoms with van der Waals surface area (Å²) in [6.07, 6.45) is 2.30. The third-order valence-corrected chi connectivity index (χ3v) is 5.22. The number of rotatable bonds is 8. The topological polar surface area (TPSA) is 96.9 Å². The number of carbonyl (C=O) groups is 2. The molecule has 0 saturated carbocycles. The van der Waals surface area contributed by atoms with Crippen molar-refractivity contribution in [3.63, 3.8) is 0 Å². The molecular formula is C23H31N5O4. The van der Waals surface area contributed by atoms with Gasteiger partial charge < -0.3 is 24.6 Å². The summed E-state index contributed by atoms with van der Waals surface area (Å²) in [5.41, 5.74) is 1.13. The molecule has 1 saturated heterocycles. The lowest BCUT2D eigenvalue weighted by atomic mass is 9.99. The highest BCUT2D eigenvalue weighted by atomic mass is 16.5. The molecule has 2 heterocycles. The van der Waals surface area contributed by atoms with Crippen LogP contribution in [0.25, 0.3) is 0 Å². The standard InChI is InChI=1S/C23H31N5O4/c1-15(2)25-22(30)19-12-24-23(27(3)4)26-21(19)16-10-11-28(13-16)20(29)14-32-18-8-6-17(31-5)7-9-18/h6-9,12,15-16H,10-11,13-14H2,1-5H3,(H,25,30).